The number of fused-ring (bicyclic) bond motifs is 1. The summed E-state index contributed by atoms with van der Waals surface area (Å²) in [5, 5.41) is 0. The molecule has 2 aliphatic rings. The number of hydrogen-bond acceptors (Lipinski definition) is 1. The fourth-order valence-corrected chi connectivity index (χ4v) is 2.67. The fourth-order valence-electron chi connectivity index (χ4n) is 2.67. The van der Waals surface area contributed by atoms with Gasteiger partial charge in [-0.05, 0) is 36.5 Å². The van der Waals surface area contributed by atoms with Gasteiger partial charge in [0.25, 0.3) is 0 Å². The molecule has 1 heterocycles. The van der Waals surface area contributed by atoms with E-state index >= 15 is 0 Å². The van der Waals surface area contributed by atoms with Gasteiger partial charge in [0.05, 0.1) is 6.10 Å². The van der Waals surface area contributed by atoms with E-state index in [2.05, 4.69) is 20.8 Å². The molecular weight excluding hydrogens is 148 g/mol. The minimum atomic E-state index is 0.494. The van der Waals surface area contributed by atoms with Gasteiger partial charge < -0.3 is 4.74 Å². The third-order valence-electron chi connectivity index (χ3n) is 3.68. The molecule has 1 saturated heterocycles. The summed E-state index contributed by atoms with van der Waals surface area (Å²) in [6.45, 7) is 8.10. The third-order valence-corrected chi connectivity index (χ3v) is 3.68. The quantitative estimate of drug-likeness (QED) is 0.540. The minimum Gasteiger partial charge on any atom is -0.378 e. The Kier molecular flexibility index (Phi) is 1.95. The first kappa shape index (κ1) is 8.55. The molecule has 0 spiro atoms. The molecule has 1 heteroatoms. The molecule has 12 heavy (non-hydrogen) atoms. The van der Waals surface area contributed by atoms with Crippen molar-refractivity contribution < 1.29 is 4.74 Å². The Balaban J connectivity index is 1.99. The highest BCUT2D eigenvalue weighted by molar-refractivity contribution is 4.92. The molecule has 3 atom stereocenters. The first-order chi connectivity index (χ1) is 5.57. The van der Waals surface area contributed by atoms with Gasteiger partial charge in [-0.2, -0.15) is 0 Å². The molecule has 1 nitrogen and oxygen atoms in total. The molecule has 0 amide bonds. The van der Waals surface area contributed by atoms with E-state index in [1.54, 1.807) is 0 Å². The zero-order valence-corrected chi connectivity index (χ0v) is 8.47. The molecular formula is C11H20O. The highest BCUT2D eigenvalue weighted by Gasteiger charge is 2.42. The van der Waals surface area contributed by atoms with Gasteiger partial charge >= 0.3 is 0 Å². The van der Waals surface area contributed by atoms with E-state index in [0.29, 0.717) is 11.5 Å². The second-order valence-corrected chi connectivity index (χ2v) is 5.49. The molecule has 0 bridgehead atoms. The summed E-state index contributed by atoms with van der Waals surface area (Å²) >= 11 is 0. The Labute approximate surface area is 75.5 Å². The lowest BCUT2D eigenvalue weighted by Gasteiger charge is -2.27. The van der Waals surface area contributed by atoms with Crippen LogP contribution in [-0.2, 0) is 4.74 Å². The number of ether oxygens (including phenoxy) is 1. The molecule has 0 aromatic carbocycles. The molecule has 2 unspecified atom stereocenters. The van der Waals surface area contributed by atoms with Gasteiger partial charge in [-0.15, -0.1) is 0 Å². The van der Waals surface area contributed by atoms with Crippen LogP contribution in [-0.4, -0.2) is 12.7 Å². The third kappa shape index (κ3) is 1.39. The maximum absolute atomic E-state index is 5.70. The van der Waals surface area contributed by atoms with Crippen LogP contribution in [0.5, 0.6) is 0 Å². The van der Waals surface area contributed by atoms with Crippen molar-refractivity contribution in [2.75, 3.05) is 6.61 Å². The van der Waals surface area contributed by atoms with E-state index in [1.165, 1.54) is 19.3 Å². The van der Waals surface area contributed by atoms with E-state index < -0.39 is 0 Å². The first-order valence-corrected chi connectivity index (χ1v) is 5.19. The molecule has 0 radical (unpaired) electrons. The largest absolute Gasteiger partial charge is 0.378 e. The van der Waals surface area contributed by atoms with Crippen molar-refractivity contribution in [2.45, 2.75) is 46.1 Å². The van der Waals surface area contributed by atoms with Gasteiger partial charge in [-0.25, -0.2) is 0 Å². The van der Waals surface area contributed by atoms with Crippen molar-refractivity contribution in [3.63, 3.8) is 0 Å². The Morgan fingerprint density at radius 3 is 2.50 bits per heavy atom. The van der Waals surface area contributed by atoms with E-state index in [4.69, 9.17) is 4.74 Å². The second kappa shape index (κ2) is 2.73. The van der Waals surface area contributed by atoms with Crippen LogP contribution in [0, 0.1) is 17.3 Å². The predicted molar refractivity (Wildman–Crippen MR) is 50.0 cm³/mol. The van der Waals surface area contributed by atoms with Crippen LogP contribution in [0.25, 0.3) is 0 Å². The average Bonchev–Trinajstić information content (AvgIpc) is 2.37. The van der Waals surface area contributed by atoms with Crippen molar-refractivity contribution in [1.29, 1.82) is 0 Å². The number of rotatable bonds is 0. The second-order valence-electron chi connectivity index (χ2n) is 5.49. The summed E-state index contributed by atoms with van der Waals surface area (Å²) in [5.74, 6) is 1.79. The predicted octanol–water partition coefficient (Wildman–Crippen LogP) is 2.85. The molecule has 1 aliphatic heterocycles. The van der Waals surface area contributed by atoms with Gasteiger partial charge in [0.15, 0.2) is 0 Å². The lowest BCUT2D eigenvalue weighted by Crippen LogP contribution is -2.18. The van der Waals surface area contributed by atoms with Crippen LogP contribution >= 0.6 is 0 Å². The summed E-state index contributed by atoms with van der Waals surface area (Å²) in [5.41, 5.74) is 0.494. The highest BCUT2D eigenvalue weighted by atomic mass is 16.5. The molecule has 1 aliphatic carbocycles. The molecule has 70 valence electrons. The van der Waals surface area contributed by atoms with E-state index in [-0.39, 0.29) is 0 Å². The van der Waals surface area contributed by atoms with Crippen molar-refractivity contribution in [2.24, 2.45) is 17.3 Å². The zero-order valence-electron chi connectivity index (χ0n) is 8.47. The molecule has 0 aromatic heterocycles. The van der Waals surface area contributed by atoms with Gasteiger partial charge in [-0.3, -0.25) is 0 Å². The van der Waals surface area contributed by atoms with Crippen LogP contribution < -0.4 is 0 Å². The maximum Gasteiger partial charge on any atom is 0.0607 e. The van der Waals surface area contributed by atoms with Gasteiger partial charge in [0.2, 0.25) is 0 Å². The van der Waals surface area contributed by atoms with Gasteiger partial charge in [0.1, 0.15) is 0 Å². The lowest BCUT2D eigenvalue weighted by atomic mass is 9.79. The van der Waals surface area contributed by atoms with Crippen molar-refractivity contribution in [3.8, 4) is 0 Å². The number of hydrogen-bond donors (Lipinski definition) is 0. The SMILES string of the molecule is CC(C)(C)[C@H]1CC2CCOC2C1. The molecule has 1 saturated carbocycles. The fraction of sp³-hybridized carbons (Fsp3) is 1.00. The highest BCUT2D eigenvalue weighted by Crippen LogP contribution is 2.46. The van der Waals surface area contributed by atoms with Crippen molar-refractivity contribution >= 4 is 0 Å². The summed E-state index contributed by atoms with van der Waals surface area (Å²) < 4.78 is 5.70. The van der Waals surface area contributed by atoms with Crippen LogP contribution in [0.15, 0.2) is 0 Å². The molecule has 0 N–H and O–H groups in total. The molecule has 2 rings (SSSR count). The maximum atomic E-state index is 5.70. The van der Waals surface area contributed by atoms with E-state index in [1.807, 2.05) is 0 Å². The summed E-state index contributed by atoms with van der Waals surface area (Å²) in [6.07, 6.45) is 4.66. The van der Waals surface area contributed by atoms with Crippen LogP contribution in [0.2, 0.25) is 0 Å². The van der Waals surface area contributed by atoms with Crippen LogP contribution in [0.4, 0.5) is 0 Å². The summed E-state index contributed by atoms with van der Waals surface area (Å²) in [7, 11) is 0. The van der Waals surface area contributed by atoms with Crippen LogP contribution in [0.3, 0.4) is 0 Å². The Bertz CT molecular complexity index is 156. The van der Waals surface area contributed by atoms with Gasteiger partial charge in [0, 0.05) is 6.61 Å². The summed E-state index contributed by atoms with van der Waals surface area (Å²) in [4.78, 5) is 0. The lowest BCUT2D eigenvalue weighted by molar-refractivity contribution is 0.0893. The Morgan fingerprint density at radius 1 is 1.17 bits per heavy atom. The van der Waals surface area contributed by atoms with Crippen molar-refractivity contribution in [3.05, 3.63) is 0 Å². The average molecular weight is 168 g/mol. The first-order valence-electron chi connectivity index (χ1n) is 5.19. The molecule has 2 fully saturated rings. The normalized spacial score (nSPS) is 41.8. The zero-order chi connectivity index (χ0) is 8.77. The minimum absolute atomic E-state index is 0.494. The molecule has 0 aromatic rings. The van der Waals surface area contributed by atoms with Crippen molar-refractivity contribution in [1.82, 2.24) is 0 Å². The van der Waals surface area contributed by atoms with Gasteiger partial charge in [-0.1, -0.05) is 20.8 Å². The van der Waals surface area contributed by atoms with E-state index in [0.717, 1.165) is 18.4 Å². The van der Waals surface area contributed by atoms with E-state index in [9.17, 15) is 0 Å². The Hall–Kier alpha value is -0.0400. The van der Waals surface area contributed by atoms with Crippen LogP contribution in [0.1, 0.15) is 40.0 Å². The summed E-state index contributed by atoms with van der Waals surface area (Å²) in [6, 6.07) is 0. The Morgan fingerprint density at radius 2 is 1.92 bits per heavy atom. The monoisotopic (exact) mass is 168 g/mol. The standard InChI is InChI=1S/C11H20O/c1-11(2,3)9-6-8-4-5-12-10(8)7-9/h8-10H,4-7H2,1-3H3/t8?,9-,10?/m0/s1. The topological polar surface area (TPSA) is 9.23 Å². The smallest absolute Gasteiger partial charge is 0.0607 e.